The van der Waals surface area contributed by atoms with E-state index in [4.69, 9.17) is 4.74 Å². The Morgan fingerprint density at radius 1 is 1.50 bits per heavy atom. The molecule has 0 aliphatic carbocycles. The zero-order valence-electron chi connectivity index (χ0n) is 12.5. The lowest BCUT2D eigenvalue weighted by Crippen LogP contribution is -2.50. The second-order valence-corrected chi connectivity index (χ2v) is 5.19. The van der Waals surface area contributed by atoms with Crippen molar-refractivity contribution < 1.29 is 14.5 Å². The van der Waals surface area contributed by atoms with Gasteiger partial charge in [0.2, 0.25) is 0 Å². The maximum absolute atomic E-state index is 12.4. The van der Waals surface area contributed by atoms with Crippen LogP contribution in [0.1, 0.15) is 23.7 Å². The molecular weight excluding hydrogens is 310 g/mol. The molecule has 1 fully saturated rings. The van der Waals surface area contributed by atoms with Crippen LogP contribution in [0.5, 0.6) is 5.75 Å². The molecule has 7 nitrogen and oxygen atoms in total. The van der Waals surface area contributed by atoms with Gasteiger partial charge in [-0.25, -0.2) is 0 Å². The van der Waals surface area contributed by atoms with Crippen molar-refractivity contribution in [2.75, 3.05) is 20.2 Å². The number of nitro benzene ring substituents is 1. The normalized spacial score (nSPS) is 20.6. The minimum absolute atomic E-state index is 0. The lowest BCUT2D eigenvalue weighted by molar-refractivity contribution is -0.385. The molecule has 0 radical (unpaired) electrons. The number of benzene rings is 1. The number of carbonyl (C=O) groups is 1. The van der Waals surface area contributed by atoms with Gasteiger partial charge >= 0.3 is 0 Å². The number of piperidine rings is 1. The Balaban J connectivity index is 0.00000242. The Kier molecular flexibility index (Phi) is 6.58. The number of amides is 1. The fraction of sp³-hybridized carbons (Fsp3) is 0.500. The smallest absolute Gasteiger partial charge is 0.282 e. The number of nitrogens with one attached hydrogen (secondary N) is 2. The van der Waals surface area contributed by atoms with Crippen LogP contribution in [0.25, 0.3) is 0 Å². The van der Waals surface area contributed by atoms with Gasteiger partial charge in [0.05, 0.1) is 12.0 Å². The summed E-state index contributed by atoms with van der Waals surface area (Å²) >= 11 is 0. The molecule has 0 aromatic heterocycles. The van der Waals surface area contributed by atoms with E-state index in [1.54, 1.807) is 0 Å². The molecule has 2 atom stereocenters. The van der Waals surface area contributed by atoms with Crippen LogP contribution in [0.15, 0.2) is 18.2 Å². The molecule has 1 aliphatic heterocycles. The monoisotopic (exact) mass is 329 g/mol. The Labute approximate surface area is 135 Å². The molecule has 22 heavy (non-hydrogen) atoms. The fourth-order valence-electron chi connectivity index (χ4n) is 2.41. The Morgan fingerprint density at radius 3 is 2.82 bits per heavy atom. The van der Waals surface area contributed by atoms with E-state index in [0.717, 1.165) is 13.0 Å². The van der Waals surface area contributed by atoms with Gasteiger partial charge in [-0.15, -0.1) is 12.4 Å². The van der Waals surface area contributed by atoms with E-state index in [-0.39, 0.29) is 29.7 Å². The van der Waals surface area contributed by atoms with Crippen molar-refractivity contribution >= 4 is 24.0 Å². The van der Waals surface area contributed by atoms with Crippen molar-refractivity contribution in [3.63, 3.8) is 0 Å². The Bertz CT molecular complexity index is 553. The van der Waals surface area contributed by atoms with E-state index < -0.39 is 10.8 Å². The van der Waals surface area contributed by atoms with Crippen molar-refractivity contribution in [2.45, 2.75) is 19.4 Å². The molecule has 1 saturated heterocycles. The van der Waals surface area contributed by atoms with Crippen molar-refractivity contribution in [1.29, 1.82) is 0 Å². The predicted octanol–water partition coefficient (Wildman–Crippen LogP) is 1.75. The average molecular weight is 330 g/mol. The van der Waals surface area contributed by atoms with E-state index in [2.05, 4.69) is 17.6 Å². The molecule has 1 aromatic rings. The predicted molar refractivity (Wildman–Crippen MR) is 84.8 cm³/mol. The van der Waals surface area contributed by atoms with Crippen LogP contribution >= 0.6 is 12.4 Å². The zero-order chi connectivity index (χ0) is 15.4. The highest BCUT2D eigenvalue weighted by Gasteiger charge is 2.27. The van der Waals surface area contributed by atoms with Gasteiger partial charge in [-0.05, 0) is 31.0 Å². The molecule has 2 rings (SSSR count). The van der Waals surface area contributed by atoms with Crippen LogP contribution in [0.3, 0.4) is 0 Å². The third kappa shape index (κ3) is 4.08. The maximum Gasteiger partial charge on any atom is 0.282 e. The van der Waals surface area contributed by atoms with Crippen molar-refractivity contribution in [2.24, 2.45) is 5.92 Å². The summed E-state index contributed by atoms with van der Waals surface area (Å²) in [5.41, 5.74) is -0.193. The summed E-state index contributed by atoms with van der Waals surface area (Å²) in [5.74, 6) is 0.307. The number of nitrogens with zero attached hydrogens (tertiary/aromatic N) is 1. The summed E-state index contributed by atoms with van der Waals surface area (Å²) in [6, 6.07) is 4.13. The lowest BCUT2D eigenvalue weighted by atomic mass is 9.94. The van der Waals surface area contributed by atoms with Gasteiger partial charge in [-0.1, -0.05) is 6.92 Å². The maximum atomic E-state index is 12.4. The summed E-state index contributed by atoms with van der Waals surface area (Å²) in [6.07, 6.45) is 0.963. The minimum atomic E-state index is -0.559. The van der Waals surface area contributed by atoms with Gasteiger partial charge < -0.3 is 15.4 Å². The van der Waals surface area contributed by atoms with Gasteiger partial charge in [0.25, 0.3) is 11.6 Å². The highest BCUT2D eigenvalue weighted by atomic mass is 35.5. The summed E-state index contributed by atoms with van der Waals surface area (Å²) in [7, 11) is 1.45. The van der Waals surface area contributed by atoms with Crippen LogP contribution < -0.4 is 15.4 Å². The topological polar surface area (TPSA) is 93.5 Å². The molecule has 8 heteroatoms. The number of hydrogen-bond donors (Lipinski definition) is 2. The van der Waals surface area contributed by atoms with E-state index >= 15 is 0 Å². The molecular formula is C14H20ClN3O4. The first kappa shape index (κ1) is 18.2. The third-order valence-electron chi connectivity index (χ3n) is 3.79. The molecule has 2 unspecified atom stereocenters. The number of nitro groups is 1. The summed E-state index contributed by atoms with van der Waals surface area (Å²) in [6.45, 7) is 3.66. The first-order valence-electron chi connectivity index (χ1n) is 6.87. The van der Waals surface area contributed by atoms with Crippen LogP contribution in [0.4, 0.5) is 5.69 Å². The van der Waals surface area contributed by atoms with Gasteiger partial charge in [0.1, 0.15) is 11.3 Å². The number of methoxy groups -OCH3 is 1. The van der Waals surface area contributed by atoms with E-state index in [1.165, 1.54) is 25.3 Å². The highest BCUT2D eigenvalue weighted by Crippen LogP contribution is 2.24. The summed E-state index contributed by atoms with van der Waals surface area (Å²) in [4.78, 5) is 22.8. The average Bonchev–Trinajstić information content (AvgIpc) is 2.48. The van der Waals surface area contributed by atoms with Gasteiger partial charge in [-0.3, -0.25) is 14.9 Å². The van der Waals surface area contributed by atoms with Crippen LogP contribution in [0, 0.1) is 16.0 Å². The van der Waals surface area contributed by atoms with Crippen LogP contribution in [0.2, 0.25) is 0 Å². The molecule has 0 saturated carbocycles. The number of hydrogen-bond acceptors (Lipinski definition) is 5. The number of ether oxygens (including phenoxy) is 1. The summed E-state index contributed by atoms with van der Waals surface area (Å²) < 4.78 is 5.04. The second-order valence-electron chi connectivity index (χ2n) is 5.19. The third-order valence-corrected chi connectivity index (χ3v) is 3.79. The first-order valence-corrected chi connectivity index (χ1v) is 6.87. The van der Waals surface area contributed by atoms with E-state index in [0.29, 0.717) is 18.2 Å². The van der Waals surface area contributed by atoms with Crippen molar-refractivity contribution in [1.82, 2.24) is 10.6 Å². The Morgan fingerprint density at radius 2 is 2.23 bits per heavy atom. The number of carbonyl (C=O) groups excluding carboxylic acids is 1. The minimum Gasteiger partial charge on any atom is -0.497 e. The van der Waals surface area contributed by atoms with Gasteiger partial charge in [-0.2, -0.15) is 0 Å². The van der Waals surface area contributed by atoms with Gasteiger partial charge in [0.15, 0.2) is 0 Å². The molecule has 1 heterocycles. The molecule has 0 bridgehead atoms. The molecule has 1 amide bonds. The quantitative estimate of drug-likeness (QED) is 0.648. The van der Waals surface area contributed by atoms with E-state index in [1.807, 2.05) is 0 Å². The lowest BCUT2D eigenvalue weighted by Gasteiger charge is -2.30. The zero-order valence-corrected chi connectivity index (χ0v) is 13.3. The molecule has 122 valence electrons. The van der Waals surface area contributed by atoms with Crippen molar-refractivity contribution in [3.05, 3.63) is 33.9 Å². The molecule has 2 N–H and O–H groups in total. The Hall–Kier alpha value is -1.86. The largest absolute Gasteiger partial charge is 0.497 e. The van der Waals surface area contributed by atoms with Crippen LogP contribution in [-0.2, 0) is 0 Å². The highest BCUT2D eigenvalue weighted by molar-refractivity contribution is 5.98. The van der Waals surface area contributed by atoms with Crippen LogP contribution in [-0.4, -0.2) is 37.1 Å². The molecule has 1 aromatic carbocycles. The second kappa shape index (κ2) is 7.95. The molecule has 0 spiro atoms. The van der Waals surface area contributed by atoms with E-state index in [9.17, 15) is 14.9 Å². The standard InChI is InChI=1S/C14H19N3O4.ClH/c1-9-5-6-15-8-12(9)16-14(18)11-7-10(21-2)3-4-13(11)17(19)20;/h3-4,7,9,12,15H,5-6,8H2,1-2H3,(H,16,18);1H. The van der Waals surface area contributed by atoms with Gasteiger partial charge in [0, 0.05) is 18.7 Å². The molecule has 1 aliphatic rings. The number of rotatable bonds is 4. The van der Waals surface area contributed by atoms with Crippen molar-refractivity contribution in [3.8, 4) is 5.75 Å². The fourth-order valence-corrected chi connectivity index (χ4v) is 2.41. The summed E-state index contributed by atoms with van der Waals surface area (Å²) in [5, 5.41) is 17.1. The SMILES string of the molecule is COc1ccc([N+](=O)[O-])c(C(=O)NC2CNCCC2C)c1.Cl. The number of halogens is 1. The first-order chi connectivity index (χ1) is 10.0.